The van der Waals surface area contributed by atoms with E-state index in [9.17, 15) is 4.79 Å². The van der Waals surface area contributed by atoms with E-state index in [4.69, 9.17) is 10.8 Å². The van der Waals surface area contributed by atoms with Crippen LogP contribution in [0.5, 0.6) is 0 Å². The van der Waals surface area contributed by atoms with Crippen LogP contribution in [0, 0.1) is 0 Å². The molecule has 4 aromatic rings. The van der Waals surface area contributed by atoms with Crippen LogP contribution in [0.3, 0.4) is 0 Å². The van der Waals surface area contributed by atoms with E-state index in [1.807, 2.05) is 36.7 Å². The Morgan fingerprint density at radius 3 is 2.81 bits per heavy atom. The smallest absolute Gasteiger partial charge is 0.251 e. The number of carbonyl (C=O) groups excluding carboxylic acids is 1. The van der Waals surface area contributed by atoms with Crippen LogP contribution in [0.2, 0.25) is 0 Å². The maximum absolute atomic E-state index is 11.9. The molecule has 1 amide bonds. The van der Waals surface area contributed by atoms with E-state index in [0.29, 0.717) is 22.7 Å². The standard InChI is InChI=1S/C18H19N7O/c1-9(2)25-17-14(16(19)21-8-22-17)15(24-25)13-6-10-4-5-11(18(26)20-3)7-12(10)23-13/h4-9,23H,1-3H3,(H,20,26)(H2,19,21,22). The van der Waals surface area contributed by atoms with E-state index < -0.39 is 0 Å². The van der Waals surface area contributed by atoms with Crippen LogP contribution in [0.1, 0.15) is 30.2 Å². The Morgan fingerprint density at radius 1 is 1.27 bits per heavy atom. The van der Waals surface area contributed by atoms with Gasteiger partial charge in [-0.05, 0) is 32.0 Å². The summed E-state index contributed by atoms with van der Waals surface area (Å²) >= 11 is 0. The molecule has 8 heteroatoms. The highest BCUT2D eigenvalue weighted by atomic mass is 16.1. The van der Waals surface area contributed by atoms with Crippen molar-refractivity contribution in [3.05, 3.63) is 36.2 Å². The van der Waals surface area contributed by atoms with Gasteiger partial charge in [-0.2, -0.15) is 5.10 Å². The molecule has 4 rings (SSSR count). The van der Waals surface area contributed by atoms with E-state index in [-0.39, 0.29) is 11.9 Å². The Balaban J connectivity index is 1.94. The number of carbonyl (C=O) groups is 1. The number of fused-ring (bicyclic) bond motifs is 2. The molecule has 132 valence electrons. The highest BCUT2D eigenvalue weighted by Gasteiger charge is 2.20. The first-order valence-electron chi connectivity index (χ1n) is 8.33. The molecule has 0 aliphatic heterocycles. The molecule has 0 aliphatic carbocycles. The monoisotopic (exact) mass is 349 g/mol. The number of nitrogens with two attached hydrogens (primary N) is 1. The Kier molecular flexibility index (Phi) is 3.61. The SMILES string of the molecule is CNC(=O)c1ccc2cc(-c3nn(C(C)C)c4ncnc(N)c34)[nH]c2c1. The molecule has 0 unspecified atom stereocenters. The summed E-state index contributed by atoms with van der Waals surface area (Å²) in [7, 11) is 1.61. The molecule has 26 heavy (non-hydrogen) atoms. The lowest BCUT2D eigenvalue weighted by Gasteiger charge is -2.05. The van der Waals surface area contributed by atoms with Crippen LogP contribution in [0.15, 0.2) is 30.6 Å². The second-order valence-electron chi connectivity index (χ2n) is 6.41. The van der Waals surface area contributed by atoms with Gasteiger partial charge in [-0.3, -0.25) is 4.79 Å². The quantitative estimate of drug-likeness (QED) is 0.526. The summed E-state index contributed by atoms with van der Waals surface area (Å²) < 4.78 is 1.84. The number of hydrogen-bond donors (Lipinski definition) is 3. The molecule has 0 fully saturated rings. The van der Waals surface area contributed by atoms with Crippen molar-refractivity contribution in [3.63, 3.8) is 0 Å². The van der Waals surface area contributed by atoms with Gasteiger partial charge in [0, 0.05) is 29.6 Å². The first-order valence-corrected chi connectivity index (χ1v) is 8.33. The van der Waals surface area contributed by atoms with Gasteiger partial charge in [0.25, 0.3) is 5.91 Å². The fourth-order valence-corrected chi connectivity index (χ4v) is 3.08. The van der Waals surface area contributed by atoms with E-state index in [1.165, 1.54) is 6.33 Å². The third-order valence-electron chi connectivity index (χ3n) is 4.37. The van der Waals surface area contributed by atoms with Crippen LogP contribution < -0.4 is 11.1 Å². The maximum Gasteiger partial charge on any atom is 0.251 e. The van der Waals surface area contributed by atoms with Gasteiger partial charge in [-0.25, -0.2) is 14.6 Å². The topological polar surface area (TPSA) is 115 Å². The van der Waals surface area contributed by atoms with E-state index in [0.717, 1.165) is 22.0 Å². The number of hydrogen-bond acceptors (Lipinski definition) is 5. The van der Waals surface area contributed by atoms with Gasteiger partial charge in [0.2, 0.25) is 0 Å². The minimum absolute atomic E-state index is 0.129. The predicted octanol–water partition coefficient (Wildman–Crippen LogP) is 2.50. The number of H-pyrrole nitrogens is 1. The summed E-state index contributed by atoms with van der Waals surface area (Å²) in [6, 6.07) is 7.63. The average molecular weight is 349 g/mol. The van der Waals surface area contributed by atoms with Crippen LogP contribution in [-0.4, -0.2) is 37.7 Å². The number of aromatic nitrogens is 5. The van der Waals surface area contributed by atoms with E-state index in [1.54, 1.807) is 13.1 Å². The van der Waals surface area contributed by atoms with Crippen LogP contribution >= 0.6 is 0 Å². The minimum atomic E-state index is -0.129. The number of aromatic amines is 1. The fourth-order valence-electron chi connectivity index (χ4n) is 3.08. The van der Waals surface area contributed by atoms with Crippen molar-refractivity contribution in [2.45, 2.75) is 19.9 Å². The van der Waals surface area contributed by atoms with Gasteiger partial charge >= 0.3 is 0 Å². The predicted molar refractivity (Wildman–Crippen MR) is 101 cm³/mol. The first kappa shape index (κ1) is 16.1. The molecule has 3 heterocycles. The van der Waals surface area contributed by atoms with E-state index >= 15 is 0 Å². The Morgan fingerprint density at radius 2 is 2.08 bits per heavy atom. The van der Waals surface area contributed by atoms with Gasteiger partial charge < -0.3 is 16.0 Å². The zero-order chi connectivity index (χ0) is 18.4. The number of nitrogens with one attached hydrogen (secondary N) is 2. The molecule has 0 radical (unpaired) electrons. The van der Waals surface area contributed by atoms with Gasteiger partial charge in [-0.1, -0.05) is 6.07 Å². The molecule has 0 bridgehead atoms. The number of nitrogen functional groups attached to an aromatic ring is 1. The lowest BCUT2D eigenvalue weighted by Crippen LogP contribution is -2.17. The minimum Gasteiger partial charge on any atom is -0.383 e. The molecule has 4 N–H and O–H groups in total. The first-order chi connectivity index (χ1) is 12.5. The van der Waals surface area contributed by atoms with Crippen molar-refractivity contribution >= 4 is 33.7 Å². The zero-order valence-corrected chi connectivity index (χ0v) is 14.7. The van der Waals surface area contributed by atoms with Gasteiger partial charge in [0.1, 0.15) is 17.8 Å². The summed E-state index contributed by atoms with van der Waals surface area (Å²) in [5, 5.41) is 9.05. The molecule has 0 spiro atoms. The highest BCUT2D eigenvalue weighted by molar-refractivity contribution is 6.02. The Hall–Kier alpha value is -3.42. The average Bonchev–Trinajstić information content (AvgIpc) is 3.22. The summed E-state index contributed by atoms with van der Waals surface area (Å²) in [5.41, 5.74) is 9.76. The van der Waals surface area contributed by atoms with Crippen molar-refractivity contribution in [3.8, 4) is 11.4 Å². The van der Waals surface area contributed by atoms with E-state index in [2.05, 4.69) is 20.3 Å². The molecule has 0 saturated heterocycles. The zero-order valence-electron chi connectivity index (χ0n) is 14.7. The molecular weight excluding hydrogens is 330 g/mol. The lowest BCUT2D eigenvalue weighted by atomic mass is 10.1. The van der Waals surface area contributed by atoms with Crippen molar-refractivity contribution in [2.24, 2.45) is 0 Å². The van der Waals surface area contributed by atoms with Crippen molar-refractivity contribution < 1.29 is 4.79 Å². The largest absolute Gasteiger partial charge is 0.383 e. The van der Waals surface area contributed by atoms with Gasteiger partial charge in [0.05, 0.1) is 11.1 Å². The Bertz CT molecular complexity index is 1140. The van der Waals surface area contributed by atoms with Crippen LogP contribution in [0.4, 0.5) is 5.82 Å². The second-order valence-corrected chi connectivity index (χ2v) is 6.41. The normalized spacial score (nSPS) is 11.5. The Labute approximate surface area is 149 Å². The van der Waals surface area contributed by atoms with Crippen LogP contribution in [0.25, 0.3) is 33.3 Å². The maximum atomic E-state index is 11.9. The molecular formula is C18H19N7O. The fraction of sp³-hybridized carbons (Fsp3) is 0.222. The third-order valence-corrected chi connectivity index (χ3v) is 4.37. The molecule has 0 saturated carbocycles. The highest BCUT2D eigenvalue weighted by Crippen LogP contribution is 2.32. The molecule has 0 aliphatic rings. The third kappa shape index (κ3) is 2.38. The number of benzene rings is 1. The number of rotatable bonds is 3. The van der Waals surface area contributed by atoms with Crippen molar-refractivity contribution in [1.82, 2.24) is 30.0 Å². The summed E-state index contributed by atoms with van der Waals surface area (Å²) in [4.78, 5) is 23.7. The molecule has 1 aromatic carbocycles. The van der Waals surface area contributed by atoms with Crippen molar-refractivity contribution in [2.75, 3.05) is 12.8 Å². The molecule has 8 nitrogen and oxygen atoms in total. The second kappa shape index (κ2) is 5.83. The lowest BCUT2D eigenvalue weighted by molar-refractivity contribution is 0.0963. The number of amides is 1. The van der Waals surface area contributed by atoms with Crippen molar-refractivity contribution in [1.29, 1.82) is 0 Å². The number of anilines is 1. The van der Waals surface area contributed by atoms with Gasteiger partial charge in [0.15, 0.2) is 5.65 Å². The summed E-state index contributed by atoms with van der Waals surface area (Å²) in [6.45, 7) is 4.07. The molecule has 3 aromatic heterocycles. The summed E-state index contributed by atoms with van der Waals surface area (Å²) in [6.07, 6.45) is 1.45. The van der Waals surface area contributed by atoms with Gasteiger partial charge in [-0.15, -0.1) is 0 Å². The molecule has 0 atom stereocenters. The van der Waals surface area contributed by atoms with Crippen LogP contribution in [-0.2, 0) is 0 Å². The summed E-state index contributed by atoms with van der Waals surface area (Å²) in [5.74, 6) is 0.261. The number of nitrogens with zero attached hydrogens (tertiary/aromatic N) is 4.